The number of urea groups is 1. The second-order valence-corrected chi connectivity index (χ2v) is 8.36. The topological polar surface area (TPSA) is 137 Å². The number of rotatable bonds is 8. The number of furan rings is 1. The standard InChI is InChI=1S/C24H24ClN3O9/c1-33-19-11-14(9-16(25)21(19)36-13-20(29)27-5-7-35-8-6-27)10-17-22(30)28(24(32)26-17)12-15-3-4-18(37-15)23(31)34-2/h3-4,9-11H,5-8,12-13H2,1-2H3,(H,26,32)/b17-10-. The molecule has 1 aromatic heterocycles. The van der Waals surface area contributed by atoms with Crippen LogP contribution in [0, 0.1) is 0 Å². The van der Waals surface area contributed by atoms with Gasteiger partial charge in [0.2, 0.25) is 5.76 Å². The Hall–Kier alpha value is -4.03. The van der Waals surface area contributed by atoms with Gasteiger partial charge in [0.15, 0.2) is 18.1 Å². The van der Waals surface area contributed by atoms with E-state index in [1.54, 1.807) is 11.0 Å². The average Bonchev–Trinajstić information content (AvgIpc) is 3.48. The lowest BCUT2D eigenvalue weighted by molar-refractivity contribution is -0.137. The molecule has 0 saturated carbocycles. The maximum Gasteiger partial charge on any atom is 0.373 e. The molecule has 0 radical (unpaired) electrons. The number of ether oxygens (including phenoxy) is 4. The fraction of sp³-hybridized carbons (Fsp3) is 0.333. The number of amides is 4. The number of nitrogens with one attached hydrogen (secondary N) is 1. The van der Waals surface area contributed by atoms with E-state index in [0.717, 1.165) is 4.90 Å². The number of hydrogen-bond donors (Lipinski definition) is 1. The van der Waals surface area contributed by atoms with Gasteiger partial charge in [-0.3, -0.25) is 14.5 Å². The highest BCUT2D eigenvalue weighted by atomic mass is 35.5. The molecule has 1 N–H and O–H groups in total. The fourth-order valence-electron chi connectivity index (χ4n) is 3.71. The number of hydrogen-bond acceptors (Lipinski definition) is 9. The van der Waals surface area contributed by atoms with Crippen LogP contribution in [0.2, 0.25) is 5.02 Å². The van der Waals surface area contributed by atoms with Crippen molar-refractivity contribution in [1.29, 1.82) is 0 Å². The zero-order valence-corrected chi connectivity index (χ0v) is 20.8. The number of carbonyl (C=O) groups is 4. The van der Waals surface area contributed by atoms with Gasteiger partial charge in [-0.05, 0) is 35.9 Å². The number of carbonyl (C=O) groups excluding carboxylic acids is 4. The monoisotopic (exact) mass is 533 g/mol. The fourth-order valence-corrected chi connectivity index (χ4v) is 3.99. The molecule has 37 heavy (non-hydrogen) atoms. The minimum Gasteiger partial charge on any atom is -0.493 e. The van der Waals surface area contributed by atoms with Crippen LogP contribution in [-0.4, -0.2) is 80.7 Å². The molecule has 0 aliphatic carbocycles. The molecule has 0 unspecified atom stereocenters. The van der Waals surface area contributed by atoms with Crippen molar-refractivity contribution in [2.24, 2.45) is 0 Å². The molecule has 13 heteroatoms. The van der Waals surface area contributed by atoms with Gasteiger partial charge in [-0.25, -0.2) is 9.59 Å². The SMILES string of the molecule is COC(=O)c1ccc(CN2C(=O)N/C(=C\c3cc(Cl)c(OCC(=O)N4CCOCC4)c(OC)c3)C2=O)o1. The van der Waals surface area contributed by atoms with Crippen molar-refractivity contribution in [1.82, 2.24) is 15.1 Å². The van der Waals surface area contributed by atoms with Gasteiger partial charge >= 0.3 is 12.0 Å². The quantitative estimate of drug-likeness (QED) is 0.307. The second kappa shape index (κ2) is 11.4. The van der Waals surface area contributed by atoms with Crippen LogP contribution in [0.5, 0.6) is 11.5 Å². The molecule has 1 aromatic carbocycles. The van der Waals surface area contributed by atoms with Crippen molar-refractivity contribution in [3.63, 3.8) is 0 Å². The van der Waals surface area contributed by atoms with Crippen LogP contribution in [-0.2, 0) is 25.6 Å². The van der Waals surface area contributed by atoms with E-state index in [4.69, 9.17) is 30.2 Å². The minimum atomic E-state index is -0.673. The number of morpholine rings is 1. The molecule has 196 valence electrons. The predicted molar refractivity (Wildman–Crippen MR) is 128 cm³/mol. The third-order valence-corrected chi connectivity index (χ3v) is 5.87. The number of nitrogens with zero attached hydrogens (tertiary/aromatic N) is 2. The molecule has 2 aromatic rings. The summed E-state index contributed by atoms with van der Waals surface area (Å²) < 4.78 is 26.2. The summed E-state index contributed by atoms with van der Waals surface area (Å²) in [6.45, 7) is 1.51. The third-order valence-electron chi connectivity index (χ3n) is 5.59. The van der Waals surface area contributed by atoms with Gasteiger partial charge < -0.3 is 33.6 Å². The summed E-state index contributed by atoms with van der Waals surface area (Å²) in [7, 11) is 2.62. The van der Waals surface area contributed by atoms with Gasteiger partial charge in [0, 0.05) is 13.1 Å². The Kier molecular flexibility index (Phi) is 7.99. The first kappa shape index (κ1) is 26.0. The van der Waals surface area contributed by atoms with Gasteiger partial charge in [0.25, 0.3) is 11.8 Å². The van der Waals surface area contributed by atoms with E-state index in [1.807, 2.05) is 0 Å². The first-order valence-corrected chi connectivity index (χ1v) is 11.6. The van der Waals surface area contributed by atoms with Crippen LogP contribution in [0.3, 0.4) is 0 Å². The summed E-state index contributed by atoms with van der Waals surface area (Å²) in [5.74, 6) is -0.884. The number of benzene rings is 1. The highest BCUT2D eigenvalue weighted by molar-refractivity contribution is 6.32. The van der Waals surface area contributed by atoms with Gasteiger partial charge in [-0.15, -0.1) is 0 Å². The zero-order valence-electron chi connectivity index (χ0n) is 20.1. The van der Waals surface area contributed by atoms with Crippen LogP contribution in [0.4, 0.5) is 4.79 Å². The molecule has 0 bridgehead atoms. The summed E-state index contributed by atoms with van der Waals surface area (Å²) in [6.07, 6.45) is 1.43. The largest absolute Gasteiger partial charge is 0.493 e. The summed E-state index contributed by atoms with van der Waals surface area (Å²) in [5.41, 5.74) is 0.448. The predicted octanol–water partition coefficient (Wildman–Crippen LogP) is 2.06. The zero-order chi connectivity index (χ0) is 26.5. The smallest absolute Gasteiger partial charge is 0.373 e. The first-order chi connectivity index (χ1) is 17.8. The molecule has 4 rings (SSSR count). The van der Waals surface area contributed by atoms with Crippen molar-refractivity contribution in [3.8, 4) is 11.5 Å². The molecular formula is C24H24ClN3O9. The molecule has 3 heterocycles. The van der Waals surface area contributed by atoms with Crippen LogP contribution in [0.15, 0.2) is 34.4 Å². The second-order valence-electron chi connectivity index (χ2n) is 7.95. The number of methoxy groups -OCH3 is 2. The maximum atomic E-state index is 12.9. The normalized spacial score (nSPS) is 16.7. The lowest BCUT2D eigenvalue weighted by Gasteiger charge is -2.26. The molecular weight excluding hydrogens is 510 g/mol. The molecule has 2 saturated heterocycles. The van der Waals surface area contributed by atoms with Crippen LogP contribution >= 0.6 is 11.6 Å². The summed E-state index contributed by atoms with van der Waals surface area (Å²) >= 11 is 6.40. The molecule has 2 fully saturated rings. The van der Waals surface area contributed by atoms with E-state index in [2.05, 4.69) is 10.1 Å². The van der Waals surface area contributed by atoms with Crippen molar-refractivity contribution in [2.75, 3.05) is 47.1 Å². The van der Waals surface area contributed by atoms with Crippen molar-refractivity contribution in [3.05, 3.63) is 52.1 Å². The van der Waals surface area contributed by atoms with Crippen molar-refractivity contribution < 1.29 is 42.5 Å². The molecule has 4 amide bonds. The Morgan fingerprint density at radius 2 is 1.92 bits per heavy atom. The average molecular weight is 534 g/mol. The van der Waals surface area contributed by atoms with E-state index < -0.39 is 17.9 Å². The number of imide groups is 1. The summed E-state index contributed by atoms with van der Waals surface area (Å²) in [6, 6.07) is 5.28. The van der Waals surface area contributed by atoms with Crippen LogP contribution in [0.25, 0.3) is 6.08 Å². The van der Waals surface area contributed by atoms with E-state index in [1.165, 1.54) is 38.5 Å². The molecule has 2 aliphatic rings. The Morgan fingerprint density at radius 1 is 1.16 bits per heavy atom. The van der Waals surface area contributed by atoms with Gasteiger partial charge in [-0.2, -0.15) is 0 Å². The van der Waals surface area contributed by atoms with Crippen molar-refractivity contribution in [2.45, 2.75) is 6.54 Å². The molecule has 12 nitrogen and oxygen atoms in total. The molecule has 0 atom stereocenters. The lowest BCUT2D eigenvalue weighted by atomic mass is 10.1. The van der Waals surface area contributed by atoms with Crippen molar-refractivity contribution >= 4 is 41.5 Å². The Bertz CT molecular complexity index is 1250. The van der Waals surface area contributed by atoms with E-state index in [-0.39, 0.29) is 52.8 Å². The molecule has 0 spiro atoms. The maximum absolute atomic E-state index is 12.9. The van der Waals surface area contributed by atoms with E-state index in [9.17, 15) is 19.2 Å². The highest BCUT2D eigenvalue weighted by Gasteiger charge is 2.34. The molecule has 2 aliphatic heterocycles. The van der Waals surface area contributed by atoms with Crippen LogP contribution in [0.1, 0.15) is 21.9 Å². The third kappa shape index (κ3) is 5.87. The summed E-state index contributed by atoms with van der Waals surface area (Å²) in [4.78, 5) is 51.8. The Balaban J connectivity index is 1.46. The van der Waals surface area contributed by atoms with Crippen LogP contribution < -0.4 is 14.8 Å². The van der Waals surface area contributed by atoms with Gasteiger partial charge in [0.1, 0.15) is 11.5 Å². The lowest BCUT2D eigenvalue weighted by Crippen LogP contribution is -2.43. The minimum absolute atomic E-state index is 0.000897. The van der Waals surface area contributed by atoms with Gasteiger partial charge in [-0.1, -0.05) is 11.6 Å². The Labute approximate surface area is 216 Å². The number of halogens is 1. The highest BCUT2D eigenvalue weighted by Crippen LogP contribution is 2.37. The first-order valence-electron chi connectivity index (χ1n) is 11.2. The van der Waals surface area contributed by atoms with Gasteiger partial charge in [0.05, 0.1) is 39.0 Å². The van der Waals surface area contributed by atoms with E-state index in [0.29, 0.717) is 31.9 Å². The Morgan fingerprint density at radius 3 is 2.62 bits per heavy atom. The number of esters is 1. The van der Waals surface area contributed by atoms with E-state index >= 15 is 0 Å². The summed E-state index contributed by atoms with van der Waals surface area (Å²) in [5, 5.41) is 2.65.